The van der Waals surface area contributed by atoms with Crippen molar-refractivity contribution < 1.29 is 0 Å². The van der Waals surface area contributed by atoms with Gasteiger partial charge in [-0.15, -0.1) is 0 Å². The number of unbranched alkanes of at least 4 members (excludes halogenated alkanes) is 6. The smallest absolute Gasteiger partial charge is 0.0991 e. The molecule has 27 heavy (non-hydrogen) atoms. The second-order valence-corrected chi connectivity index (χ2v) is 9.24. The minimum atomic E-state index is 0.783. The minimum Gasteiger partial charge on any atom is -0.0991 e. The molecule has 0 aliphatic heterocycles. The molecule has 0 N–H and O–H groups in total. The van der Waals surface area contributed by atoms with E-state index in [1.807, 2.05) is 0 Å². The van der Waals surface area contributed by atoms with Gasteiger partial charge in [-0.1, -0.05) is 140 Å². The molecule has 0 aromatic carbocycles. The quantitative estimate of drug-likeness (QED) is 0.205. The molecule has 2 saturated carbocycles. The topological polar surface area (TPSA) is 0 Å². The van der Waals surface area contributed by atoms with E-state index in [9.17, 15) is 0 Å². The van der Waals surface area contributed by atoms with Crippen LogP contribution in [0.25, 0.3) is 0 Å². The number of rotatable bonds is 10. The van der Waals surface area contributed by atoms with Crippen molar-refractivity contribution in [3.8, 4) is 11.8 Å². The van der Waals surface area contributed by atoms with Crippen molar-refractivity contribution in [2.45, 2.75) is 141 Å². The van der Waals surface area contributed by atoms with Gasteiger partial charge < -0.3 is 0 Å². The Morgan fingerprint density at radius 3 is 1.93 bits per heavy atom. The van der Waals surface area contributed by atoms with Crippen LogP contribution < -0.4 is 0 Å². The van der Waals surface area contributed by atoms with E-state index in [4.69, 9.17) is 0 Å². The summed E-state index contributed by atoms with van der Waals surface area (Å²) in [5, 5.41) is 0. The molecule has 2 aliphatic carbocycles. The van der Waals surface area contributed by atoms with Crippen LogP contribution in [-0.4, -0.2) is 6.71 Å². The third-order valence-corrected chi connectivity index (χ3v) is 6.98. The molecule has 0 unspecified atom stereocenters. The molecule has 0 aromatic rings. The van der Waals surface area contributed by atoms with Crippen molar-refractivity contribution in [2.24, 2.45) is 0 Å². The highest BCUT2D eigenvalue weighted by atomic mass is 14.2. The van der Waals surface area contributed by atoms with Crippen molar-refractivity contribution in [3.63, 3.8) is 0 Å². The lowest BCUT2D eigenvalue weighted by Gasteiger charge is -2.35. The maximum Gasteiger partial charge on any atom is 0.192 e. The summed E-state index contributed by atoms with van der Waals surface area (Å²) < 4.78 is 0. The van der Waals surface area contributed by atoms with Crippen LogP contribution in [0.2, 0.25) is 11.6 Å². The van der Waals surface area contributed by atoms with Crippen molar-refractivity contribution in [2.75, 3.05) is 0 Å². The molecule has 0 spiro atoms. The van der Waals surface area contributed by atoms with E-state index in [0.29, 0.717) is 0 Å². The van der Waals surface area contributed by atoms with Gasteiger partial charge in [0.1, 0.15) is 0 Å². The molecule has 0 heterocycles. The van der Waals surface area contributed by atoms with Gasteiger partial charge in [0.25, 0.3) is 0 Å². The zero-order valence-corrected chi connectivity index (χ0v) is 18.5. The largest absolute Gasteiger partial charge is 0.192 e. The summed E-state index contributed by atoms with van der Waals surface area (Å²) in [6.07, 6.45) is 27.5. The van der Waals surface area contributed by atoms with Gasteiger partial charge in [0.05, 0.1) is 0 Å². The molecule has 0 aromatic heterocycles. The number of hydrogen-bond acceptors (Lipinski definition) is 0. The summed E-state index contributed by atoms with van der Waals surface area (Å²) in [6.45, 7) is 5.39. The Labute approximate surface area is 171 Å². The van der Waals surface area contributed by atoms with Crippen LogP contribution >= 0.6 is 0 Å². The Bertz CT molecular complexity index is 436. The molecule has 0 bridgehead atoms. The molecule has 2 rings (SSSR count). The summed E-state index contributed by atoms with van der Waals surface area (Å²) in [4.78, 5) is 0. The summed E-state index contributed by atoms with van der Waals surface area (Å²) in [5.74, 6) is 9.21. The maximum atomic E-state index is 3.76. The fourth-order valence-corrected chi connectivity index (χ4v) is 5.42. The highest BCUT2D eigenvalue weighted by Gasteiger charge is 2.36. The Hall–Kier alpha value is -0.635. The maximum absolute atomic E-state index is 3.76. The second kappa shape index (κ2) is 14.4. The van der Waals surface area contributed by atoms with E-state index in [1.165, 1.54) is 109 Å². The summed E-state index contributed by atoms with van der Waals surface area (Å²) in [7, 11) is 0. The van der Waals surface area contributed by atoms with Crippen LogP contribution in [0.3, 0.4) is 0 Å². The first-order valence-corrected chi connectivity index (χ1v) is 12.6. The normalized spacial score (nSPS) is 19.6. The fourth-order valence-electron chi connectivity index (χ4n) is 5.42. The highest BCUT2D eigenvalue weighted by Crippen LogP contribution is 2.44. The molecule has 2 fully saturated rings. The third kappa shape index (κ3) is 8.50. The van der Waals surface area contributed by atoms with Crippen molar-refractivity contribution in [1.29, 1.82) is 0 Å². The average molecular weight is 368 g/mol. The molecular weight excluding hydrogens is 323 g/mol. The fraction of sp³-hybridized carbons (Fsp3) is 0.846. The zero-order valence-electron chi connectivity index (χ0n) is 18.5. The zero-order chi connectivity index (χ0) is 19.2. The molecule has 2 aliphatic rings. The SMILES string of the molecule is CCCC/C=C(/C#CCCCCCC)B(C1CCCCC1)C1CCCCC1. The van der Waals surface area contributed by atoms with Gasteiger partial charge in [0.2, 0.25) is 0 Å². The Morgan fingerprint density at radius 1 is 0.778 bits per heavy atom. The van der Waals surface area contributed by atoms with Gasteiger partial charge in [-0.25, -0.2) is 0 Å². The third-order valence-electron chi connectivity index (χ3n) is 6.98. The minimum absolute atomic E-state index is 0.783. The lowest BCUT2D eigenvalue weighted by atomic mass is 9.27. The molecule has 0 atom stereocenters. The molecule has 0 saturated heterocycles. The van der Waals surface area contributed by atoms with E-state index >= 15 is 0 Å². The molecule has 0 amide bonds. The lowest BCUT2D eigenvalue weighted by molar-refractivity contribution is 0.464. The van der Waals surface area contributed by atoms with Crippen molar-refractivity contribution in [3.05, 3.63) is 11.5 Å². The average Bonchev–Trinajstić information content (AvgIpc) is 2.72. The Kier molecular flexibility index (Phi) is 12.1. The summed E-state index contributed by atoms with van der Waals surface area (Å²) in [5.41, 5.74) is 1.57. The first-order chi connectivity index (χ1) is 13.4. The van der Waals surface area contributed by atoms with Gasteiger partial charge in [-0.2, -0.15) is 0 Å². The standard InChI is InChI=1S/C26H45B/c1-3-5-7-8-9-13-19-24(18-12-6-4-2)27(25-20-14-10-15-21-25)26-22-16-11-17-23-26/h18,25-26H,3-12,14-17,20-23H2,1-2H3/b24-18-. The molecular formula is C26H45B. The predicted molar refractivity (Wildman–Crippen MR) is 124 cm³/mol. The number of allylic oxidation sites excluding steroid dienone is 2. The van der Waals surface area contributed by atoms with E-state index < -0.39 is 0 Å². The molecule has 0 radical (unpaired) electrons. The van der Waals surface area contributed by atoms with Gasteiger partial charge in [0.15, 0.2) is 6.71 Å². The van der Waals surface area contributed by atoms with E-state index in [-0.39, 0.29) is 0 Å². The van der Waals surface area contributed by atoms with Gasteiger partial charge in [0, 0.05) is 6.42 Å². The van der Waals surface area contributed by atoms with Crippen LogP contribution in [-0.2, 0) is 0 Å². The van der Waals surface area contributed by atoms with E-state index in [2.05, 4.69) is 31.8 Å². The predicted octanol–water partition coefficient (Wildman–Crippen LogP) is 8.78. The van der Waals surface area contributed by atoms with Crippen LogP contribution in [0.4, 0.5) is 0 Å². The van der Waals surface area contributed by atoms with Crippen LogP contribution in [0.1, 0.15) is 129 Å². The Balaban J connectivity index is 2.11. The molecule has 152 valence electrons. The first kappa shape index (κ1) is 22.7. The summed E-state index contributed by atoms with van der Waals surface area (Å²) in [6, 6.07) is 0. The highest BCUT2D eigenvalue weighted by molar-refractivity contribution is 6.71. The lowest BCUT2D eigenvalue weighted by Crippen LogP contribution is -2.32. The van der Waals surface area contributed by atoms with E-state index in [0.717, 1.165) is 24.8 Å². The Morgan fingerprint density at radius 2 is 1.37 bits per heavy atom. The molecule has 1 heteroatoms. The summed E-state index contributed by atoms with van der Waals surface area (Å²) >= 11 is 0. The van der Waals surface area contributed by atoms with Gasteiger partial charge >= 0.3 is 0 Å². The van der Waals surface area contributed by atoms with Crippen molar-refractivity contribution in [1.82, 2.24) is 0 Å². The first-order valence-electron chi connectivity index (χ1n) is 12.6. The second-order valence-electron chi connectivity index (χ2n) is 9.24. The van der Waals surface area contributed by atoms with Crippen molar-refractivity contribution >= 4 is 6.71 Å². The number of hydrogen-bond donors (Lipinski definition) is 0. The van der Waals surface area contributed by atoms with Crippen LogP contribution in [0.15, 0.2) is 11.5 Å². The van der Waals surface area contributed by atoms with E-state index in [1.54, 1.807) is 5.47 Å². The van der Waals surface area contributed by atoms with Gasteiger partial charge in [-0.3, -0.25) is 0 Å². The van der Waals surface area contributed by atoms with Crippen LogP contribution in [0.5, 0.6) is 0 Å². The van der Waals surface area contributed by atoms with Crippen LogP contribution in [0, 0.1) is 11.8 Å². The molecule has 0 nitrogen and oxygen atoms in total. The monoisotopic (exact) mass is 368 g/mol. The van der Waals surface area contributed by atoms with Gasteiger partial charge in [-0.05, 0) is 18.3 Å².